The molecular formula is C11H18N2OS. The highest BCUT2D eigenvalue weighted by atomic mass is 32.1. The Bertz CT molecular complexity index is 243. The average molecular weight is 226 g/mol. The van der Waals surface area contributed by atoms with E-state index in [1.54, 1.807) is 0 Å². The van der Waals surface area contributed by atoms with E-state index in [0.717, 1.165) is 44.4 Å². The molecule has 2 saturated heterocycles. The maximum atomic E-state index is 5.36. The lowest BCUT2D eigenvalue weighted by atomic mass is 10.4. The lowest BCUT2D eigenvalue weighted by Gasteiger charge is -2.25. The Morgan fingerprint density at radius 3 is 2.40 bits per heavy atom. The molecule has 0 spiro atoms. The van der Waals surface area contributed by atoms with Gasteiger partial charge < -0.3 is 14.5 Å². The van der Waals surface area contributed by atoms with Gasteiger partial charge in [0.2, 0.25) is 0 Å². The number of rotatable bonds is 2. The summed E-state index contributed by atoms with van der Waals surface area (Å²) in [6.45, 7) is 5.90. The van der Waals surface area contributed by atoms with Gasteiger partial charge in [-0.2, -0.15) is 0 Å². The SMILES string of the molecule is S=C(C=CN1CCOCC1)N1CCCC1. The molecule has 0 N–H and O–H groups in total. The minimum Gasteiger partial charge on any atom is -0.378 e. The van der Waals surface area contributed by atoms with Crippen LogP contribution in [0.2, 0.25) is 0 Å². The smallest absolute Gasteiger partial charge is 0.103 e. The second-order valence-corrected chi connectivity index (χ2v) is 4.41. The third kappa shape index (κ3) is 3.18. The van der Waals surface area contributed by atoms with Crippen LogP contribution in [0.25, 0.3) is 0 Å². The zero-order chi connectivity index (χ0) is 10.5. The lowest BCUT2D eigenvalue weighted by Crippen LogP contribution is -2.32. The predicted octanol–water partition coefficient (Wildman–Crippen LogP) is 1.26. The van der Waals surface area contributed by atoms with Crippen molar-refractivity contribution in [1.29, 1.82) is 0 Å². The van der Waals surface area contributed by atoms with Gasteiger partial charge in [0, 0.05) is 32.4 Å². The van der Waals surface area contributed by atoms with Crippen molar-refractivity contribution >= 4 is 17.2 Å². The van der Waals surface area contributed by atoms with E-state index in [-0.39, 0.29) is 0 Å². The fraction of sp³-hybridized carbons (Fsp3) is 0.727. The molecule has 2 heterocycles. The van der Waals surface area contributed by atoms with Crippen molar-refractivity contribution in [3.8, 4) is 0 Å². The maximum Gasteiger partial charge on any atom is 0.103 e. The molecule has 4 heteroatoms. The molecule has 2 aliphatic heterocycles. The zero-order valence-corrected chi connectivity index (χ0v) is 9.84. The summed E-state index contributed by atoms with van der Waals surface area (Å²) in [6.07, 6.45) is 6.74. The largest absolute Gasteiger partial charge is 0.378 e. The van der Waals surface area contributed by atoms with Gasteiger partial charge in [-0.15, -0.1) is 0 Å². The number of hydrogen-bond donors (Lipinski definition) is 0. The summed E-state index contributed by atoms with van der Waals surface area (Å²) in [5.41, 5.74) is 0. The highest BCUT2D eigenvalue weighted by Gasteiger charge is 2.13. The summed E-state index contributed by atoms with van der Waals surface area (Å²) < 4.78 is 5.29. The van der Waals surface area contributed by atoms with Crippen LogP contribution in [0.5, 0.6) is 0 Å². The van der Waals surface area contributed by atoms with Crippen LogP contribution in [0.1, 0.15) is 12.8 Å². The van der Waals surface area contributed by atoms with E-state index >= 15 is 0 Å². The Morgan fingerprint density at radius 1 is 1.07 bits per heavy atom. The Labute approximate surface area is 96.7 Å². The van der Waals surface area contributed by atoms with Crippen LogP contribution in [0, 0.1) is 0 Å². The molecule has 0 amide bonds. The fourth-order valence-corrected chi connectivity index (χ4v) is 2.18. The van der Waals surface area contributed by atoms with E-state index in [2.05, 4.69) is 22.1 Å². The van der Waals surface area contributed by atoms with Gasteiger partial charge in [0.05, 0.1) is 13.2 Å². The van der Waals surface area contributed by atoms with Crippen molar-refractivity contribution in [3.05, 3.63) is 12.3 Å². The van der Waals surface area contributed by atoms with Gasteiger partial charge in [-0.05, 0) is 18.9 Å². The van der Waals surface area contributed by atoms with Gasteiger partial charge in [0.1, 0.15) is 4.99 Å². The fourth-order valence-electron chi connectivity index (χ4n) is 1.94. The van der Waals surface area contributed by atoms with Gasteiger partial charge in [-0.3, -0.25) is 0 Å². The first-order chi connectivity index (χ1) is 7.36. The molecule has 0 bridgehead atoms. The van der Waals surface area contributed by atoms with E-state index in [1.165, 1.54) is 12.8 Å². The minimum absolute atomic E-state index is 0.834. The van der Waals surface area contributed by atoms with Gasteiger partial charge in [-0.1, -0.05) is 12.2 Å². The van der Waals surface area contributed by atoms with Crippen LogP contribution in [0.4, 0.5) is 0 Å². The average Bonchev–Trinajstić information content (AvgIpc) is 2.81. The van der Waals surface area contributed by atoms with Crippen molar-refractivity contribution in [1.82, 2.24) is 9.80 Å². The first-order valence-corrected chi connectivity index (χ1v) is 6.06. The van der Waals surface area contributed by atoms with Crippen molar-refractivity contribution < 1.29 is 4.74 Å². The molecule has 0 unspecified atom stereocenters. The van der Waals surface area contributed by atoms with Crippen molar-refractivity contribution in [2.24, 2.45) is 0 Å². The Morgan fingerprint density at radius 2 is 1.73 bits per heavy atom. The standard InChI is InChI=1S/C11H18N2OS/c15-11(13-4-1-2-5-13)3-6-12-7-9-14-10-8-12/h3,6H,1-2,4-5,7-10H2. The molecule has 0 aromatic rings. The molecule has 0 atom stereocenters. The molecule has 0 saturated carbocycles. The summed E-state index contributed by atoms with van der Waals surface area (Å²) in [5.74, 6) is 0. The van der Waals surface area contributed by atoms with Gasteiger partial charge in [0.15, 0.2) is 0 Å². The number of morpholine rings is 1. The summed E-state index contributed by atoms with van der Waals surface area (Å²) >= 11 is 5.36. The molecule has 0 aromatic heterocycles. The van der Waals surface area contributed by atoms with Crippen LogP contribution < -0.4 is 0 Å². The zero-order valence-electron chi connectivity index (χ0n) is 9.02. The molecular weight excluding hydrogens is 208 g/mol. The molecule has 0 radical (unpaired) electrons. The molecule has 2 rings (SSSR count). The van der Waals surface area contributed by atoms with E-state index < -0.39 is 0 Å². The monoisotopic (exact) mass is 226 g/mol. The molecule has 15 heavy (non-hydrogen) atoms. The summed E-state index contributed by atoms with van der Waals surface area (Å²) in [6, 6.07) is 0. The van der Waals surface area contributed by atoms with Crippen LogP contribution in [0.15, 0.2) is 12.3 Å². The molecule has 2 fully saturated rings. The maximum absolute atomic E-state index is 5.36. The van der Waals surface area contributed by atoms with Gasteiger partial charge in [0.25, 0.3) is 0 Å². The number of hydrogen-bond acceptors (Lipinski definition) is 3. The normalized spacial score (nSPS) is 22.7. The molecule has 84 valence electrons. The van der Waals surface area contributed by atoms with Crippen LogP contribution in [0.3, 0.4) is 0 Å². The first-order valence-electron chi connectivity index (χ1n) is 5.65. The highest BCUT2D eigenvalue weighted by Crippen LogP contribution is 2.09. The molecule has 3 nitrogen and oxygen atoms in total. The van der Waals surface area contributed by atoms with Crippen molar-refractivity contribution in [2.75, 3.05) is 39.4 Å². The summed E-state index contributed by atoms with van der Waals surface area (Å²) in [5, 5.41) is 0. The third-order valence-corrected chi connectivity index (χ3v) is 3.29. The number of ether oxygens (including phenoxy) is 1. The number of likely N-dealkylation sites (tertiary alicyclic amines) is 1. The van der Waals surface area contributed by atoms with Crippen LogP contribution >= 0.6 is 12.2 Å². The second-order valence-electron chi connectivity index (χ2n) is 4.00. The quantitative estimate of drug-likeness (QED) is 0.520. The summed E-state index contributed by atoms with van der Waals surface area (Å²) in [7, 11) is 0. The lowest BCUT2D eigenvalue weighted by molar-refractivity contribution is 0.0594. The number of nitrogens with zero attached hydrogens (tertiary/aromatic N) is 2. The Balaban J connectivity index is 1.78. The molecule has 0 aliphatic carbocycles. The predicted molar refractivity (Wildman–Crippen MR) is 64.9 cm³/mol. The van der Waals surface area contributed by atoms with Crippen LogP contribution in [-0.4, -0.2) is 54.2 Å². The Kier molecular flexibility index (Phi) is 3.97. The van der Waals surface area contributed by atoms with Gasteiger partial charge >= 0.3 is 0 Å². The van der Waals surface area contributed by atoms with Crippen molar-refractivity contribution in [3.63, 3.8) is 0 Å². The van der Waals surface area contributed by atoms with Gasteiger partial charge in [-0.25, -0.2) is 0 Å². The second kappa shape index (κ2) is 5.47. The molecule has 0 aromatic carbocycles. The van der Waals surface area contributed by atoms with E-state index in [9.17, 15) is 0 Å². The van der Waals surface area contributed by atoms with Crippen LogP contribution in [-0.2, 0) is 4.74 Å². The first kappa shape index (κ1) is 10.9. The van der Waals surface area contributed by atoms with E-state index in [4.69, 9.17) is 17.0 Å². The Hall–Kier alpha value is -0.610. The third-order valence-electron chi connectivity index (χ3n) is 2.89. The number of thiocarbonyl (C=S) groups is 1. The van der Waals surface area contributed by atoms with Crippen molar-refractivity contribution in [2.45, 2.75) is 12.8 Å². The highest BCUT2D eigenvalue weighted by molar-refractivity contribution is 7.80. The van der Waals surface area contributed by atoms with E-state index in [1.807, 2.05) is 0 Å². The van der Waals surface area contributed by atoms with E-state index in [0.29, 0.717) is 0 Å². The summed E-state index contributed by atoms with van der Waals surface area (Å²) in [4.78, 5) is 5.54. The molecule has 2 aliphatic rings. The topological polar surface area (TPSA) is 15.7 Å². The minimum atomic E-state index is 0.834.